The minimum Gasteiger partial charge on any atom is -0.489 e. The Kier molecular flexibility index (Phi) is 8.40. The number of nitrogens with zero attached hydrogens (tertiary/aromatic N) is 3. The number of alkyl halides is 2. The molecule has 0 fully saturated rings. The van der Waals surface area contributed by atoms with E-state index in [2.05, 4.69) is 20.6 Å². The lowest BCUT2D eigenvalue weighted by atomic mass is 10.3. The zero-order valence-electron chi connectivity index (χ0n) is 14.4. The summed E-state index contributed by atoms with van der Waals surface area (Å²) in [7, 11) is 0. The number of aromatic nitrogens is 2. The third-order valence-electron chi connectivity index (χ3n) is 3.29. The van der Waals surface area contributed by atoms with Gasteiger partial charge in [-0.1, -0.05) is 34.8 Å². The summed E-state index contributed by atoms with van der Waals surface area (Å²) >= 11 is 18.0. The third-order valence-corrected chi connectivity index (χ3v) is 4.07. The van der Waals surface area contributed by atoms with Gasteiger partial charge in [-0.25, -0.2) is 9.98 Å². The highest BCUT2D eigenvalue weighted by Crippen LogP contribution is 2.35. The number of guanidine groups is 1. The fourth-order valence-electron chi connectivity index (χ4n) is 2.12. The number of aliphatic imine (C=N–C) groups is 1. The molecule has 148 valence electrons. The van der Waals surface area contributed by atoms with Gasteiger partial charge in [-0.3, -0.25) is 4.57 Å². The zero-order chi connectivity index (χ0) is 19.8. The van der Waals surface area contributed by atoms with Crippen molar-refractivity contribution in [2.75, 3.05) is 19.7 Å². The summed E-state index contributed by atoms with van der Waals surface area (Å²) in [4.78, 5) is 8.13. The maximum absolute atomic E-state index is 12.8. The average molecular weight is 441 g/mol. The predicted octanol–water partition coefficient (Wildman–Crippen LogP) is 4.37. The van der Waals surface area contributed by atoms with E-state index in [1.54, 1.807) is 0 Å². The van der Waals surface area contributed by atoms with E-state index < -0.39 is 6.55 Å². The van der Waals surface area contributed by atoms with Crippen LogP contribution in [0.3, 0.4) is 0 Å². The van der Waals surface area contributed by atoms with E-state index in [1.165, 1.54) is 24.5 Å². The molecule has 2 aromatic rings. The minimum atomic E-state index is -2.66. The molecule has 0 spiro atoms. The normalized spacial score (nSPS) is 11.7. The van der Waals surface area contributed by atoms with Gasteiger partial charge >= 0.3 is 6.55 Å². The summed E-state index contributed by atoms with van der Waals surface area (Å²) in [6.45, 7) is 0.464. The maximum atomic E-state index is 12.8. The lowest BCUT2D eigenvalue weighted by Crippen LogP contribution is -2.39. The molecule has 6 nitrogen and oxygen atoms in total. The second-order valence-electron chi connectivity index (χ2n) is 5.20. The number of hydrogen-bond acceptors (Lipinski definition) is 3. The van der Waals surface area contributed by atoms with Crippen LogP contribution in [0.4, 0.5) is 8.78 Å². The molecule has 0 atom stereocenters. The highest BCUT2D eigenvalue weighted by molar-refractivity contribution is 6.40. The molecule has 11 heteroatoms. The third kappa shape index (κ3) is 6.41. The zero-order valence-corrected chi connectivity index (χ0v) is 16.6. The van der Waals surface area contributed by atoms with Crippen molar-refractivity contribution in [1.29, 1.82) is 0 Å². The van der Waals surface area contributed by atoms with E-state index in [0.29, 0.717) is 39.9 Å². The molecule has 0 aliphatic heterocycles. The van der Waals surface area contributed by atoms with Crippen molar-refractivity contribution >= 4 is 40.8 Å². The summed E-state index contributed by atoms with van der Waals surface area (Å²) in [6, 6.07) is 3.07. The van der Waals surface area contributed by atoms with Crippen molar-refractivity contribution in [2.45, 2.75) is 20.0 Å². The quantitative estimate of drug-likeness (QED) is 0.363. The molecule has 0 amide bonds. The van der Waals surface area contributed by atoms with E-state index in [9.17, 15) is 8.78 Å². The van der Waals surface area contributed by atoms with Crippen molar-refractivity contribution in [2.24, 2.45) is 4.99 Å². The van der Waals surface area contributed by atoms with Gasteiger partial charge in [0.2, 0.25) is 0 Å². The van der Waals surface area contributed by atoms with Gasteiger partial charge in [-0.05, 0) is 19.1 Å². The van der Waals surface area contributed by atoms with Crippen LogP contribution in [-0.2, 0) is 6.54 Å². The number of benzene rings is 1. The molecule has 2 N–H and O–H groups in total. The molecule has 0 saturated carbocycles. The summed E-state index contributed by atoms with van der Waals surface area (Å²) in [5.74, 6) is 0.946. The largest absolute Gasteiger partial charge is 0.489 e. The van der Waals surface area contributed by atoms with Gasteiger partial charge in [0.15, 0.2) is 11.7 Å². The number of ether oxygens (including phenoxy) is 1. The van der Waals surface area contributed by atoms with Crippen LogP contribution in [0.5, 0.6) is 5.75 Å². The van der Waals surface area contributed by atoms with E-state index in [4.69, 9.17) is 39.5 Å². The van der Waals surface area contributed by atoms with Gasteiger partial charge < -0.3 is 15.4 Å². The van der Waals surface area contributed by atoms with Gasteiger partial charge in [-0.2, -0.15) is 8.78 Å². The fraction of sp³-hybridized carbons (Fsp3) is 0.375. The van der Waals surface area contributed by atoms with Crippen LogP contribution in [-0.4, -0.2) is 35.2 Å². The lowest BCUT2D eigenvalue weighted by molar-refractivity contribution is 0.0671. The second-order valence-corrected chi connectivity index (χ2v) is 6.45. The van der Waals surface area contributed by atoms with Crippen molar-refractivity contribution < 1.29 is 13.5 Å². The Bertz CT molecular complexity index is 762. The van der Waals surface area contributed by atoms with Gasteiger partial charge in [0.25, 0.3) is 0 Å². The molecule has 1 aromatic carbocycles. The molecule has 27 heavy (non-hydrogen) atoms. The van der Waals surface area contributed by atoms with E-state index >= 15 is 0 Å². The topological polar surface area (TPSA) is 63.5 Å². The molecule has 0 saturated heterocycles. The highest BCUT2D eigenvalue weighted by Gasteiger charge is 2.11. The maximum Gasteiger partial charge on any atom is 0.319 e. The Hall–Kier alpha value is -1.77. The number of imidazole rings is 1. The Labute approximate surface area is 170 Å². The molecule has 0 radical (unpaired) electrons. The first-order chi connectivity index (χ1) is 12.9. The van der Waals surface area contributed by atoms with E-state index in [1.807, 2.05) is 6.92 Å². The van der Waals surface area contributed by atoms with Crippen molar-refractivity contribution in [3.05, 3.63) is 45.4 Å². The molecule has 0 bridgehead atoms. The van der Waals surface area contributed by atoms with Crippen molar-refractivity contribution in [1.82, 2.24) is 20.2 Å². The predicted molar refractivity (Wildman–Crippen MR) is 103 cm³/mol. The van der Waals surface area contributed by atoms with Crippen LogP contribution in [0.2, 0.25) is 15.1 Å². The number of halogens is 5. The average Bonchev–Trinajstić information content (AvgIpc) is 3.06. The Morgan fingerprint density at radius 1 is 1.26 bits per heavy atom. The van der Waals surface area contributed by atoms with Crippen molar-refractivity contribution in [3.63, 3.8) is 0 Å². The number of nitrogens with one attached hydrogen (secondary N) is 2. The van der Waals surface area contributed by atoms with Crippen LogP contribution in [0.25, 0.3) is 0 Å². The monoisotopic (exact) mass is 439 g/mol. The molecular formula is C16H18Cl3F2N5O. The summed E-state index contributed by atoms with van der Waals surface area (Å²) < 4.78 is 32.0. The van der Waals surface area contributed by atoms with Crippen LogP contribution in [0.15, 0.2) is 29.5 Å². The summed E-state index contributed by atoms with van der Waals surface area (Å²) in [6.07, 6.45) is 2.52. The first-order valence-corrected chi connectivity index (χ1v) is 9.15. The first kappa shape index (κ1) is 21.5. The second kappa shape index (κ2) is 10.5. The van der Waals surface area contributed by atoms with E-state index in [0.717, 1.165) is 4.57 Å². The summed E-state index contributed by atoms with van der Waals surface area (Å²) in [5, 5.41) is 7.08. The highest BCUT2D eigenvalue weighted by atomic mass is 35.5. The molecule has 0 unspecified atom stereocenters. The van der Waals surface area contributed by atoms with Crippen LogP contribution in [0, 0.1) is 0 Å². The fourth-order valence-corrected chi connectivity index (χ4v) is 3.05. The van der Waals surface area contributed by atoms with Crippen LogP contribution >= 0.6 is 34.8 Å². The first-order valence-electron chi connectivity index (χ1n) is 8.01. The Morgan fingerprint density at radius 3 is 2.59 bits per heavy atom. The Morgan fingerprint density at radius 2 is 1.96 bits per heavy atom. The van der Waals surface area contributed by atoms with Crippen LogP contribution < -0.4 is 15.4 Å². The standard InChI is InChI=1S/C16H18Cl3F2N5O/c1-2-22-16(25-9-13-23-3-5-26(13)15(20)21)24-4-6-27-14-11(18)7-10(17)8-12(14)19/h3,5,7-8,15H,2,4,6,9H2,1H3,(H2,22,24,25). The van der Waals surface area contributed by atoms with Gasteiger partial charge in [0.1, 0.15) is 19.0 Å². The lowest BCUT2D eigenvalue weighted by Gasteiger charge is -2.13. The smallest absolute Gasteiger partial charge is 0.319 e. The van der Waals surface area contributed by atoms with Gasteiger partial charge in [-0.15, -0.1) is 0 Å². The molecule has 1 heterocycles. The number of rotatable bonds is 8. The van der Waals surface area contributed by atoms with E-state index in [-0.39, 0.29) is 19.0 Å². The summed E-state index contributed by atoms with van der Waals surface area (Å²) in [5.41, 5.74) is 0. The molecular weight excluding hydrogens is 423 g/mol. The van der Waals surface area contributed by atoms with Crippen LogP contribution in [0.1, 0.15) is 19.3 Å². The Balaban J connectivity index is 1.90. The molecule has 2 rings (SSSR count). The minimum absolute atomic E-state index is 0.00235. The van der Waals surface area contributed by atoms with Crippen molar-refractivity contribution in [3.8, 4) is 5.75 Å². The van der Waals surface area contributed by atoms with Gasteiger partial charge in [0.05, 0.1) is 16.6 Å². The SMILES string of the molecule is CCNC(=NCc1nccn1C(F)F)NCCOc1c(Cl)cc(Cl)cc1Cl. The molecule has 0 aliphatic rings. The van der Waals surface area contributed by atoms with Gasteiger partial charge in [0, 0.05) is 24.0 Å². The molecule has 1 aromatic heterocycles. The molecule has 0 aliphatic carbocycles. The number of hydrogen-bond donors (Lipinski definition) is 2.